The van der Waals surface area contributed by atoms with Gasteiger partial charge in [-0.05, 0) is 12.5 Å². The third-order valence-electron chi connectivity index (χ3n) is 2.62. The van der Waals surface area contributed by atoms with Crippen molar-refractivity contribution < 1.29 is 43.3 Å². The summed E-state index contributed by atoms with van der Waals surface area (Å²) in [5, 5.41) is 9.12. The molecule has 0 saturated heterocycles. The molecule has 1 atom stereocenters. The molecular formula is C12H18ClNO6. The highest BCUT2D eigenvalue weighted by Crippen LogP contribution is 2.09. The third kappa shape index (κ3) is 6.78. The molecule has 0 aliphatic carbocycles. The van der Waals surface area contributed by atoms with Gasteiger partial charge in [0.05, 0.1) is 0 Å². The number of nitrogens with zero attached hydrogens (tertiary/aromatic N) is 1. The van der Waals surface area contributed by atoms with Crippen LogP contribution in [-0.4, -0.2) is 11.1 Å². The first-order chi connectivity index (χ1) is 8.97. The van der Waals surface area contributed by atoms with Crippen molar-refractivity contribution in [1.82, 2.24) is 0 Å². The Hall–Kier alpha value is -1.25. The van der Waals surface area contributed by atoms with Crippen LogP contribution in [0, 0.1) is 31.0 Å². The zero-order chi connectivity index (χ0) is 16.1. The molecule has 114 valence electrons. The summed E-state index contributed by atoms with van der Waals surface area (Å²) >= 11 is 0. The van der Waals surface area contributed by atoms with Crippen molar-refractivity contribution in [3.8, 4) is 0 Å². The molecule has 1 heterocycles. The molecule has 7 nitrogen and oxygen atoms in total. The average molecular weight is 308 g/mol. The summed E-state index contributed by atoms with van der Waals surface area (Å²) in [6.07, 6.45) is 0.602. The minimum Gasteiger partial charge on any atom is -0.476 e. The maximum absolute atomic E-state index is 11.1. The van der Waals surface area contributed by atoms with Crippen LogP contribution in [0.3, 0.4) is 0 Å². The Labute approximate surface area is 119 Å². The third-order valence-corrected chi connectivity index (χ3v) is 2.62. The number of carbonyl (C=O) groups is 1. The van der Waals surface area contributed by atoms with Crippen LogP contribution >= 0.6 is 0 Å². The molecule has 0 amide bonds. The van der Waals surface area contributed by atoms with Crippen LogP contribution in [0.5, 0.6) is 0 Å². The van der Waals surface area contributed by atoms with Crippen LogP contribution in [0.4, 0.5) is 0 Å². The highest BCUT2D eigenvalue weighted by molar-refractivity contribution is 5.69. The fourth-order valence-corrected chi connectivity index (χ4v) is 2.08. The maximum Gasteiger partial charge on any atom is 0.373 e. The maximum atomic E-state index is 11.1. The molecule has 0 spiro atoms. The van der Waals surface area contributed by atoms with E-state index in [-0.39, 0.29) is 0 Å². The first kappa shape index (κ1) is 18.8. The monoisotopic (exact) mass is 307 g/mol. The van der Waals surface area contributed by atoms with Crippen molar-refractivity contribution in [3.63, 3.8) is 0 Å². The van der Waals surface area contributed by atoms with Gasteiger partial charge in [-0.2, -0.15) is 4.57 Å². The molecule has 1 unspecified atom stereocenters. The summed E-state index contributed by atoms with van der Waals surface area (Å²) in [7, 11) is -4.94. The molecule has 0 aromatic carbocycles. The molecule has 0 fully saturated rings. The number of carboxylic acids is 1. The quantitative estimate of drug-likeness (QED) is 0.599. The van der Waals surface area contributed by atoms with E-state index in [1.54, 1.807) is 0 Å². The predicted octanol–water partition coefficient (Wildman–Crippen LogP) is -2.82. The molecule has 1 aromatic heterocycles. The second kappa shape index (κ2) is 7.51. The van der Waals surface area contributed by atoms with Gasteiger partial charge in [0.25, 0.3) is 6.04 Å². The van der Waals surface area contributed by atoms with Gasteiger partial charge in [-0.3, -0.25) is 0 Å². The van der Waals surface area contributed by atoms with Crippen LogP contribution in [0.1, 0.15) is 36.3 Å². The van der Waals surface area contributed by atoms with Crippen LogP contribution in [0.15, 0.2) is 12.1 Å². The smallest absolute Gasteiger partial charge is 0.373 e. The number of pyridine rings is 1. The van der Waals surface area contributed by atoms with Gasteiger partial charge in [0.1, 0.15) is 0 Å². The first-order valence-electron chi connectivity index (χ1n) is 5.81. The highest BCUT2D eigenvalue weighted by Gasteiger charge is 2.28. The van der Waals surface area contributed by atoms with Crippen LogP contribution < -0.4 is 23.2 Å². The fourth-order valence-electron chi connectivity index (χ4n) is 2.08. The average Bonchev–Trinajstić information content (AvgIpc) is 2.19. The zero-order valence-electron chi connectivity index (χ0n) is 11.8. The van der Waals surface area contributed by atoms with Gasteiger partial charge in [0, 0.05) is 32.4 Å². The SMILES string of the molecule is CCC(C(=O)O)[n+]1c(C)cc(C)cc1C.[O-][Cl+3]([O-])([O-])[O-]. The normalized spacial score (nSPS) is 12.4. The van der Waals surface area contributed by atoms with E-state index in [9.17, 15) is 4.79 Å². The van der Waals surface area contributed by atoms with Crippen LogP contribution in [0.25, 0.3) is 0 Å². The number of aromatic nitrogens is 1. The van der Waals surface area contributed by atoms with Crippen molar-refractivity contribution in [2.75, 3.05) is 0 Å². The number of hydrogen-bond donors (Lipinski definition) is 1. The van der Waals surface area contributed by atoms with Gasteiger partial charge in [-0.25, -0.2) is 23.4 Å². The topological polar surface area (TPSA) is 133 Å². The first-order valence-corrected chi connectivity index (χ1v) is 7.04. The lowest BCUT2D eigenvalue weighted by Crippen LogP contribution is -2.68. The van der Waals surface area contributed by atoms with E-state index in [1.807, 2.05) is 44.4 Å². The minimum absolute atomic E-state index is 0.453. The van der Waals surface area contributed by atoms with Gasteiger partial charge >= 0.3 is 5.97 Å². The number of halogens is 1. The molecule has 0 saturated carbocycles. The fraction of sp³-hybridized carbons (Fsp3) is 0.500. The number of aryl methyl sites for hydroxylation is 3. The Morgan fingerprint density at radius 1 is 1.20 bits per heavy atom. The summed E-state index contributed by atoms with van der Waals surface area (Å²) in [5.74, 6) is -0.766. The lowest BCUT2D eigenvalue weighted by atomic mass is 10.1. The van der Waals surface area contributed by atoms with E-state index >= 15 is 0 Å². The molecular weight excluding hydrogens is 290 g/mol. The molecule has 0 radical (unpaired) electrons. The van der Waals surface area contributed by atoms with E-state index in [0.29, 0.717) is 6.42 Å². The van der Waals surface area contributed by atoms with Crippen molar-refractivity contribution in [2.45, 2.75) is 40.2 Å². The molecule has 0 aliphatic rings. The van der Waals surface area contributed by atoms with Crippen molar-refractivity contribution >= 4 is 5.97 Å². The van der Waals surface area contributed by atoms with E-state index in [1.165, 1.54) is 5.56 Å². The van der Waals surface area contributed by atoms with E-state index in [2.05, 4.69) is 0 Å². The Morgan fingerprint density at radius 3 is 1.80 bits per heavy atom. The van der Waals surface area contributed by atoms with E-state index in [4.69, 9.17) is 23.7 Å². The number of hydrogen-bond acceptors (Lipinski definition) is 5. The van der Waals surface area contributed by atoms with E-state index in [0.717, 1.165) is 11.4 Å². The second-order valence-corrected chi connectivity index (χ2v) is 5.08. The number of aliphatic carboxylic acids is 1. The summed E-state index contributed by atoms with van der Waals surface area (Å²) in [5.41, 5.74) is 3.17. The van der Waals surface area contributed by atoms with E-state index < -0.39 is 22.3 Å². The summed E-state index contributed by atoms with van der Waals surface area (Å²) in [6, 6.07) is 3.57. The Kier molecular flexibility index (Phi) is 7.04. The summed E-state index contributed by atoms with van der Waals surface area (Å²) in [6.45, 7) is 7.81. The second-order valence-electron chi connectivity index (χ2n) is 4.33. The molecule has 1 rings (SSSR count). The Morgan fingerprint density at radius 2 is 1.55 bits per heavy atom. The zero-order valence-corrected chi connectivity index (χ0v) is 12.5. The standard InChI is InChI=1S/C12H17NO2.ClHO4/c1-5-11(12(14)15)13-9(3)6-8(2)7-10(13)4;2-1(3,4)5/h6-7,11H,5H2,1-4H3;(H,2,3,4,5). The van der Waals surface area contributed by atoms with Gasteiger partial charge in [0.15, 0.2) is 11.4 Å². The molecule has 8 heteroatoms. The Bertz CT molecular complexity index is 443. The Balaban J connectivity index is 0.000000621. The largest absolute Gasteiger partial charge is 0.476 e. The van der Waals surface area contributed by atoms with Crippen molar-refractivity contribution in [1.29, 1.82) is 0 Å². The van der Waals surface area contributed by atoms with Gasteiger partial charge in [-0.15, -0.1) is 10.2 Å². The number of carboxylic acid groups (broad SMARTS) is 1. The molecule has 1 N–H and O–H groups in total. The predicted molar refractivity (Wildman–Crippen MR) is 57.8 cm³/mol. The summed E-state index contributed by atoms with van der Waals surface area (Å²) in [4.78, 5) is 11.1. The van der Waals surface area contributed by atoms with Crippen molar-refractivity contribution in [2.24, 2.45) is 0 Å². The lowest BCUT2D eigenvalue weighted by Gasteiger charge is -2.17. The van der Waals surface area contributed by atoms with Gasteiger partial charge < -0.3 is 5.11 Å². The number of rotatable bonds is 3. The van der Waals surface area contributed by atoms with Gasteiger partial charge in [0.2, 0.25) is 0 Å². The van der Waals surface area contributed by atoms with Gasteiger partial charge in [-0.1, -0.05) is 6.92 Å². The summed E-state index contributed by atoms with van der Waals surface area (Å²) < 4.78 is 35.9. The van der Waals surface area contributed by atoms with Crippen LogP contribution in [-0.2, 0) is 4.79 Å². The molecule has 0 bridgehead atoms. The minimum atomic E-state index is -4.94. The lowest BCUT2D eigenvalue weighted by molar-refractivity contribution is -2.00. The molecule has 1 aromatic rings. The van der Waals surface area contributed by atoms with Crippen molar-refractivity contribution in [3.05, 3.63) is 29.1 Å². The molecule has 20 heavy (non-hydrogen) atoms. The highest BCUT2D eigenvalue weighted by atomic mass is 35.7. The van der Waals surface area contributed by atoms with Crippen LogP contribution in [0.2, 0.25) is 0 Å². The molecule has 0 aliphatic heterocycles.